The van der Waals surface area contributed by atoms with Gasteiger partial charge in [0.25, 0.3) is 12.3 Å². The molecule has 3 aliphatic rings. The Kier molecular flexibility index (Phi) is 4.31. The van der Waals surface area contributed by atoms with Crippen molar-refractivity contribution in [3.63, 3.8) is 0 Å². The summed E-state index contributed by atoms with van der Waals surface area (Å²) in [7, 11) is 1.52. The smallest absolute Gasteiger partial charge is 0.282 e. The SMILES string of the molecule is Cn1cc(C(=O)Nc2cccc3c2C2CC[C@H]3C/C2=C\Cl)c(C(F)F)n1. The van der Waals surface area contributed by atoms with E-state index in [0.29, 0.717) is 11.6 Å². The van der Waals surface area contributed by atoms with Crippen LogP contribution in [0.3, 0.4) is 0 Å². The zero-order valence-electron chi connectivity index (χ0n) is 14.2. The Bertz CT molecular complexity index is 906. The number of halogens is 3. The first-order chi connectivity index (χ1) is 12.5. The van der Waals surface area contributed by atoms with Gasteiger partial charge >= 0.3 is 0 Å². The lowest BCUT2D eigenvalue weighted by molar-refractivity contribution is 0.101. The van der Waals surface area contributed by atoms with Crippen molar-refractivity contribution in [2.75, 3.05) is 5.32 Å². The lowest BCUT2D eigenvalue weighted by atomic mass is 9.64. The van der Waals surface area contributed by atoms with E-state index in [9.17, 15) is 13.6 Å². The van der Waals surface area contributed by atoms with Crippen molar-refractivity contribution in [1.82, 2.24) is 9.78 Å². The molecule has 2 atom stereocenters. The maximum atomic E-state index is 13.2. The summed E-state index contributed by atoms with van der Waals surface area (Å²) in [5.41, 5.74) is 5.17. The molecule has 1 amide bonds. The van der Waals surface area contributed by atoms with Gasteiger partial charge in [0.05, 0.1) is 5.56 Å². The molecule has 1 aromatic carbocycles. The van der Waals surface area contributed by atoms with E-state index >= 15 is 0 Å². The van der Waals surface area contributed by atoms with Gasteiger partial charge < -0.3 is 5.32 Å². The predicted molar refractivity (Wildman–Crippen MR) is 95.8 cm³/mol. The highest BCUT2D eigenvalue weighted by atomic mass is 35.5. The monoisotopic (exact) mass is 377 g/mol. The average Bonchev–Trinajstić information content (AvgIpc) is 3.04. The highest BCUT2D eigenvalue weighted by molar-refractivity contribution is 6.25. The number of fused-ring (bicyclic) bond motifs is 2. The van der Waals surface area contributed by atoms with Gasteiger partial charge in [-0.1, -0.05) is 29.3 Å². The van der Waals surface area contributed by atoms with Crippen molar-refractivity contribution in [1.29, 1.82) is 0 Å². The summed E-state index contributed by atoms with van der Waals surface area (Å²) in [6, 6.07) is 5.81. The summed E-state index contributed by atoms with van der Waals surface area (Å²) in [4.78, 5) is 12.7. The van der Waals surface area contributed by atoms with E-state index in [1.165, 1.54) is 29.1 Å². The third kappa shape index (κ3) is 2.72. The number of aryl methyl sites for hydroxylation is 1. The molecule has 7 heteroatoms. The molecule has 0 aliphatic heterocycles. The largest absolute Gasteiger partial charge is 0.322 e. The standard InChI is InChI=1S/C19H18ClF2N3O/c1-25-9-14(17(24-25)18(21)22)19(26)23-15-4-2-3-12-10-5-6-13(16(12)15)11(7-10)8-20/h2-4,8-10,13,18H,5-7H2,1H3,(H,23,26)/b11-8+/t10-,13?/m0/s1. The second-order valence-electron chi connectivity index (χ2n) is 6.88. The normalized spacial score (nSPS) is 22.7. The minimum absolute atomic E-state index is 0.103. The first-order valence-electron chi connectivity index (χ1n) is 8.54. The van der Waals surface area contributed by atoms with Crippen LogP contribution in [0.15, 0.2) is 35.5 Å². The Labute approximate surface area is 154 Å². The summed E-state index contributed by atoms with van der Waals surface area (Å²) < 4.78 is 27.5. The molecule has 5 rings (SSSR count). The van der Waals surface area contributed by atoms with Crippen molar-refractivity contribution >= 4 is 23.2 Å². The Morgan fingerprint density at radius 1 is 1.42 bits per heavy atom. The van der Waals surface area contributed by atoms with Gasteiger partial charge in [0, 0.05) is 30.4 Å². The maximum absolute atomic E-state index is 13.2. The van der Waals surface area contributed by atoms with Gasteiger partial charge in [0.1, 0.15) is 5.69 Å². The molecule has 0 spiro atoms. The Morgan fingerprint density at radius 3 is 2.96 bits per heavy atom. The van der Waals surface area contributed by atoms with E-state index in [2.05, 4.69) is 16.5 Å². The van der Waals surface area contributed by atoms with Gasteiger partial charge in [-0.2, -0.15) is 5.10 Å². The second-order valence-corrected chi connectivity index (χ2v) is 7.10. The van der Waals surface area contributed by atoms with Crippen LogP contribution in [0.5, 0.6) is 0 Å². The zero-order chi connectivity index (χ0) is 18.4. The number of nitrogens with zero attached hydrogens (tertiary/aromatic N) is 2. The Morgan fingerprint density at radius 2 is 2.23 bits per heavy atom. The summed E-state index contributed by atoms with van der Waals surface area (Å²) in [6.45, 7) is 0. The number of anilines is 1. The molecule has 1 heterocycles. The van der Waals surface area contributed by atoms with Gasteiger partial charge in [-0.3, -0.25) is 9.48 Å². The molecule has 2 bridgehead atoms. The number of carbonyl (C=O) groups is 1. The first kappa shape index (κ1) is 17.2. The van der Waals surface area contributed by atoms with Crippen LogP contribution in [0.4, 0.5) is 14.5 Å². The summed E-state index contributed by atoms with van der Waals surface area (Å²) in [6.07, 6.45) is 1.54. The van der Waals surface area contributed by atoms with Gasteiger partial charge in [0.15, 0.2) is 0 Å². The lowest BCUT2D eigenvalue weighted by Crippen LogP contribution is -2.26. The molecule has 3 aliphatic carbocycles. The molecule has 136 valence electrons. The zero-order valence-corrected chi connectivity index (χ0v) is 14.9. The number of aromatic nitrogens is 2. The topological polar surface area (TPSA) is 46.9 Å². The van der Waals surface area contributed by atoms with Crippen LogP contribution in [-0.4, -0.2) is 15.7 Å². The fourth-order valence-corrected chi connectivity index (χ4v) is 4.51. The molecular formula is C19H18ClF2N3O. The third-order valence-corrected chi connectivity index (χ3v) is 5.64. The molecule has 0 saturated heterocycles. The van der Waals surface area contributed by atoms with Crippen LogP contribution in [0.1, 0.15) is 64.7 Å². The average molecular weight is 378 g/mol. The number of nitrogens with one attached hydrogen (secondary N) is 1. The van der Waals surface area contributed by atoms with Crippen molar-refractivity contribution in [2.24, 2.45) is 7.05 Å². The molecule has 26 heavy (non-hydrogen) atoms. The van der Waals surface area contributed by atoms with Crippen LogP contribution in [0.25, 0.3) is 0 Å². The van der Waals surface area contributed by atoms with Crippen LogP contribution >= 0.6 is 11.6 Å². The molecule has 1 unspecified atom stereocenters. The predicted octanol–water partition coefficient (Wildman–Crippen LogP) is 5.10. The number of allylic oxidation sites excluding steroid dienone is 1. The van der Waals surface area contributed by atoms with Crippen molar-refractivity contribution < 1.29 is 13.6 Å². The molecule has 4 nitrogen and oxygen atoms in total. The Hall–Kier alpha value is -2.21. The summed E-state index contributed by atoms with van der Waals surface area (Å²) in [5, 5.41) is 6.53. The summed E-state index contributed by atoms with van der Waals surface area (Å²) in [5.74, 6) is -0.000938. The van der Waals surface area contributed by atoms with Crippen molar-refractivity contribution in [3.05, 3.63) is 57.9 Å². The number of benzene rings is 1. The highest BCUT2D eigenvalue weighted by Crippen LogP contribution is 2.54. The van der Waals surface area contributed by atoms with E-state index in [1.807, 2.05) is 12.1 Å². The molecular weight excluding hydrogens is 360 g/mol. The third-order valence-electron chi connectivity index (χ3n) is 5.36. The number of alkyl halides is 2. The molecule has 0 radical (unpaired) electrons. The first-order valence-corrected chi connectivity index (χ1v) is 8.98. The lowest BCUT2D eigenvalue weighted by Gasteiger charge is -2.41. The maximum Gasteiger partial charge on any atom is 0.282 e. The highest BCUT2D eigenvalue weighted by Gasteiger charge is 2.38. The second kappa shape index (κ2) is 6.50. The van der Waals surface area contributed by atoms with Crippen LogP contribution < -0.4 is 5.32 Å². The van der Waals surface area contributed by atoms with Crippen LogP contribution in [-0.2, 0) is 7.05 Å². The van der Waals surface area contributed by atoms with E-state index in [4.69, 9.17) is 11.6 Å². The minimum atomic E-state index is -2.80. The summed E-state index contributed by atoms with van der Waals surface area (Å²) >= 11 is 6.01. The molecule has 2 aromatic rings. The number of hydrogen-bond donors (Lipinski definition) is 1. The molecule has 1 saturated carbocycles. The van der Waals surface area contributed by atoms with Gasteiger partial charge in [-0.05, 0) is 42.4 Å². The minimum Gasteiger partial charge on any atom is -0.322 e. The Balaban J connectivity index is 1.71. The van der Waals surface area contributed by atoms with E-state index in [0.717, 1.165) is 24.8 Å². The molecule has 1 aromatic heterocycles. The van der Waals surface area contributed by atoms with Crippen LogP contribution in [0.2, 0.25) is 0 Å². The van der Waals surface area contributed by atoms with Gasteiger partial charge in [-0.15, -0.1) is 0 Å². The fraction of sp³-hybridized carbons (Fsp3) is 0.368. The van der Waals surface area contributed by atoms with Crippen molar-refractivity contribution in [3.8, 4) is 0 Å². The van der Waals surface area contributed by atoms with E-state index < -0.39 is 18.0 Å². The number of rotatable bonds is 3. The van der Waals surface area contributed by atoms with Gasteiger partial charge in [-0.25, -0.2) is 8.78 Å². The van der Waals surface area contributed by atoms with Crippen LogP contribution in [0, 0.1) is 0 Å². The number of carbonyl (C=O) groups excluding carboxylic acids is 1. The van der Waals surface area contributed by atoms with Crippen molar-refractivity contribution in [2.45, 2.75) is 37.5 Å². The van der Waals surface area contributed by atoms with E-state index in [-0.39, 0.29) is 11.5 Å². The van der Waals surface area contributed by atoms with E-state index in [1.54, 1.807) is 5.54 Å². The number of hydrogen-bond acceptors (Lipinski definition) is 2. The molecule has 1 N–H and O–H groups in total. The quantitative estimate of drug-likeness (QED) is 0.809. The molecule has 1 fully saturated rings. The number of amides is 1. The fourth-order valence-electron chi connectivity index (χ4n) is 4.27. The van der Waals surface area contributed by atoms with Gasteiger partial charge in [0.2, 0.25) is 0 Å².